The van der Waals surface area contributed by atoms with E-state index in [1.165, 1.54) is 17.9 Å². The molecule has 0 bridgehead atoms. The fourth-order valence-electron chi connectivity index (χ4n) is 3.08. The number of benzene rings is 1. The third kappa shape index (κ3) is 3.90. The van der Waals surface area contributed by atoms with Gasteiger partial charge in [0.2, 0.25) is 0 Å². The molecule has 0 atom stereocenters. The minimum absolute atomic E-state index is 0.0469. The van der Waals surface area contributed by atoms with E-state index in [2.05, 4.69) is 20.5 Å². The summed E-state index contributed by atoms with van der Waals surface area (Å²) in [4.78, 5) is 16.3. The fraction of sp³-hybridized carbons (Fsp3) is 0.222. The van der Waals surface area contributed by atoms with Crippen molar-refractivity contribution < 1.29 is 18.0 Å². The lowest BCUT2D eigenvalue weighted by atomic mass is 10.1. The second-order valence-electron chi connectivity index (χ2n) is 6.41. The number of halogens is 3. The quantitative estimate of drug-likeness (QED) is 0.702. The van der Waals surface area contributed by atoms with Crippen LogP contribution in [0.25, 0.3) is 17.0 Å². The van der Waals surface area contributed by atoms with Crippen LogP contribution in [-0.2, 0) is 19.8 Å². The van der Waals surface area contributed by atoms with Crippen molar-refractivity contribution in [2.24, 2.45) is 12.0 Å². The molecule has 3 aromatic rings. The van der Waals surface area contributed by atoms with Gasteiger partial charge in [0.1, 0.15) is 5.84 Å². The zero-order valence-electron chi connectivity index (χ0n) is 15.4. The molecule has 7 nitrogen and oxygen atoms in total. The standard InChI is InChI=1S/C18H15F3N6OS/c1-22-16-14(29-17(28)23-16)6-10-3-4-13-11(5-10)8-27(24-13)9-12-7-26(2)25-15(12)18(19,20)21/h3-8H,9H2,1-2H3,(H,22,23,28)/b14-6-. The number of alkyl halides is 3. The van der Waals surface area contributed by atoms with Crippen LogP contribution in [0.2, 0.25) is 0 Å². The summed E-state index contributed by atoms with van der Waals surface area (Å²) in [6, 6.07) is 5.47. The number of amidine groups is 1. The monoisotopic (exact) mass is 420 g/mol. The lowest BCUT2D eigenvalue weighted by molar-refractivity contribution is -0.142. The van der Waals surface area contributed by atoms with Gasteiger partial charge in [0.05, 0.1) is 17.0 Å². The highest BCUT2D eigenvalue weighted by Gasteiger charge is 2.37. The second-order valence-corrected chi connectivity index (χ2v) is 7.43. The van der Waals surface area contributed by atoms with Crippen LogP contribution >= 0.6 is 11.8 Å². The first-order chi connectivity index (χ1) is 13.7. The number of hydrogen-bond acceptors (Lipinski definition) is 5. The van der Waals surface area contributed by atoms with Gasteiger partial charge in [0.25, 0.3) is 5.24 Å². The van der Waals surface area contributed by atoms with E-state index in [1.54, 1.807) is 19.3 Å². The predicted molar refractivity (Wildman–Crippen MR) is 105 cm³/mol. The molecule has 1 aliphatic rings. The van der Waals surface area contributed by atoms with Gasteiger partial charge in [-0.3, -0.25) is 19.2 Å². The van der Waals surface area contributed by atoms with Gasteiger partial charge >= 0.3 is 6.18 Å². The van der Waals surface area contributed by atoms with E-state index in [-0.39, 0.29) is 17.3 Å². The minimum Gasteiger partial charge on any atom is -0.300 e. The molecule has 1 saturated heterocycles. The molecule has 150 valence electrons. The maximum atomic E-state index is 13.2. The lowest BCUT2D eigenvalue weighted by Crippen LogP contribution is -2.18. The highest BCUT2D eigenvalue weighted by molar-refractivity contribution is 8.18. The van der Waals surface area contributed by atoms with Crippen LogP contribution < -0.4 is 5.32 Å². The molecule has 0 unspecified atom stereocenters. The molecule has 0 aliphatic carbocycles. The number of carbonyl (C=O) groups excluding carboxylic acids is 1. The molecule has 1 amide bonds. The summed E-state index contributed by atoms with van der Waals surface area (Å²) in [7, 11) is 3.04. The van der Waals surface area contributed by atoms with E-state index < -0.39 is 11.9 Å². The molecule has 11 heteroatoms. The molecule has 1 aliphatic heterocycles. The first kappa shape index (κ1) is 19.2. The number of carbonyl (C=O) groups is 1. The van der Waals surface area contributed by atoms with E-state index in [4.69, 9.17) is 0 Å². The fourth-order valence-corrected chi connectivity index (χ4v) is 3.86. The van der Waals surface area contributed by atoms with Crippen LogP contribution in [-0.4, -0.2) is 37.7 Å². The smallest absolute Gasteiger partial charge is 0.300 e. The van der Waals surface area contributed by atoms with Crippen molar-refractivity contribution >= 4 is 39.8 Å². The summed E-state index contributed by atoms with van der Waals surface area (Å²) in [6.45, 7) is -0.0469. The average Bonchev–Trinajstić information content (AvgIpc) is 3.30. The molecule has 0 spiro atoms. The van der Waals surface area contributed by atoms with Gasteiger partial charge in [-0.25, -0.2) is 0 Å². The van der Waals surface area contributed by atoms with Crippen molar-refractivity contribution in [2.75, 3.05) is 7.05 Å². The summed E-state index contributed by atoms with van der Waals surface area (Å²) < 4.78 is 42.1. The molecule has 0 radical (unpaired) electrons. The zero-order chi connectivity index (χ0) is 20.8. The van der Waals surface area contributed by atoms with Gasteiger partial charge in [-0.1, -0.05) is 6.07 Å². The molecule has 4 rings (SSSR count). The predicted octanol–water partition coefficient (Wildman–Crippen LogP) is 3.66. The van der Waals surface area contributed by atoms with Gasteiger partial charge in [0, 0.05) is 37.4 Å². The van der Waals surface area contributed by atoms with Crippen molar-refractivity contribution in [3.63, 3.8) is 0 Å². The Kier molecular flexibility index (Phi) is 4.69. The van der Waals surface area contributed by atoms with Gasteiger partial charge < -0.3 is 5.32 Å². The Morgan fingerprint density at radius 3 is 2.79 bits per heavy atom. The Labute approximate surface area is 167 Å². The SMILES string of the molecule is CN=C1NC(=O)S/C1=C\c1ccc2nn(Cc3cn(C)nc3C(F)(F)F)cc2c1. The topological polar surface area (TPSA) is 77.1 Å². The third-order valence-corrected chi connectivity index (χ3v) is 5.08. The van der Waals surface area contributed by atoms with Gasteiger partial charge in [-0.05, 0) is 35.5 Å². The number of amides is 1. The minimum atomic E-state index is -4.52. The summed E-state index contributed by atoms with van der Waals surface area (Å²) in [5, 5.41) is 11.1. The van der Waals surface area contributed by atoms with Crippen molar-refractivity contribution in [2.45, 2.75) is 12.7 Å². The molecule has 1 N–H and O–H groups in total. The number of rotatable bonds is 3. The van der Waals surface area contributed by atoms with E-state index in [0.29, 0.717) is 16.3 Å². The largest absolute Gasteiger partial charge is 0.435 e. The van der Waals surface area contributed by atoms with E-state index >= 15 is 0 Å². The molecule has 2 aromatic heterocycles. The molecule has 1 aromatic carbocycles. The summed E-state index contributed by atoms with van der Waals surface area (Å²) >= 11 is 1.06. The van der Waals surface area contributed by atoms with E-state index in [9.17, 15) is 18.0 Å². The maximum Gasteiger partial charge on any atom is 0.435 e. The number of aromatic nitrogens is 4. The summed E-state index contributed by atoms with van der Waals surface area (Å²) in [6.07, 6.45) is 0.332. The summed E-state index contributed by atoms with van der Waals surface area (Å²) in [5.41, 5.74) is 0.620. The number of nitrogens with zero attached hydrogens (tertiary/aromatic N) is 5. The van der Waals surface area contributed by atoms with Crippen LogP contribution in [0.15, 0.2) is 40.5 Å². The van der Waals surface area contributed by atoms with Crippen LogP contribution in [0.4, 0.5) is 18.0 Å². The van der Waals surface area contributed by atoms with Crippen LogP contribution in [0, 0.1) is 0 Å². The van der Waals surface area contributed by atoms with Crippen LogP contribution in [0.5, 0.6) is 0 Å². The number of aryl methyl sites for hydroxylation is 1. The summed E-state index contributed by atoms with van der Waals surface area (Å²) in [5.74, 6) is 0.507. The molecular weight excluding hydrogens is 405 g/mol. The molecule has 3 heterocycles. The van der Waals surface area contributed by atoms with Crippen molar-refractivity contribution in [1.82, 2.24) is 24.9 Å². The lowest BCUT2D eigenvalue weighted by Gasteiger charge is -2.05. The average molecular weight is 420 g/mol. The molecular formula is C18H15F3N6OS. The van der Waals surface area contributed by atoms with Crippen molar-refractivity contribution in [1.29, 1.82) is 0 Å². The first-order valence-electron chi connectivity index (χ1n) is 8.47. The number of nitrogens with one attached hydrogen (secondary N) is 1. The Morgan fingerprint density at radius 1 is 1.28 bits per heavy atom. The molecule has 29 heavy (non-hydrogen) atoms. The van der Waals surface area contributed by atoms with Crippen LogP contribution in [0.1, 0.15) is 16.8 Å². The highest BCUT2D eigenvalue weighted by Crippen LogP contribution is 2.31. The second kappa shape index (κ2) is 7.07. The third-order valence-electron chi connectivity index (χ3n) is 4.26. The Bertz CT molecular complexity index is 1170. The number of aliphatic imine (C=N–C) groups is 1. The molecule has 1 fully saturated rings. The Morgan fingerprint density at radius 2 is 2.07 bits per heavy atom. The maximum absolute atomic E-state index is 13.2. The van der Waals surface area contributed by atoms with Crippen molar-refractivity contribution in [3.05, 3.63) is 52.3 Å². The van der Waals surface area contributed by atoms with E-state index in [1.807, 2.05) is 18.2 Å². The van der Waals surface area contributed by atoms with E-state index in [0.717, 1.165) is 27.4 Å². The van der Waals surface area contributed by atoms with Gasteiger partial charge in [-0.2, -0.15) is 23.4 Å². The number of thioether (sulfide) groups is 1. The number of hydrogen-bond donors (Lipinski definition) is 1. The zero-order valence-corrected chi connectivity index (χ0v) is 16.2. The van der Waals surface area contributed by atoms with Gasteiger partial charge in [0.15, 0.2) is 5.69 Å². The van der Waals surface area contributed by atoms with Crippen LogP contribution in [0.3, 0.4) is 0 Å². The number of fused-ring (bicyclic) bond motifs is 1. The molecule has 0 saturated carbocycles. The Balaban J connectivity index is 1.64. The first-order valence-corrected chi connectivity index (χ1v) is 9.29. The van der Waals surface area contributed by atoms with Gasteiger partial charge in [-0.15, -0.1) is 0 Å². The van der Waals surface area contributed by atoms with Crippen molar-refractivity contribution in [3.8, 4) is 0 Å². The highest BCUT2D eigenvalue weighted by atomic mass is 32.2. The Hall–Kier alpha value is -3.08. The normalized spacial score (nSPS) is 17.6.